The van der Waals surface area contributed by atoms with Crippen LogP contribution in [0.2, 0.25) is 13.1 Å². The molecule has 1 atom stereocenters. The highest BCUT2D eigenvalue weighted by atomic mass is 28.3. The molecule has 0 aromatic rings. The molecule has 0 N–H and O–H groups in total. The normalized spacial score (nSPS) is 20.9. The molecule has 1 saturated carbocycles. The smallest absolute Gasteiger partial charge is 0.244 e. The van der Waals surface area contributed by atoms with Crippen molar-refractivity contribution in [2.45, 2.75) is 66.5 Å². The molecular formula is C15H28OSi. The molecule has 0 spiro atoms. The molecule has 0 aromatic carbocycles. The highest BCUT2D eigenvalue weighted by molar-refractivity contribution is 6.48. The van der Waals surface area contributed by atoms with Crippen LogP contribution in [0.15, 0.2) is 0 Å². The standard InChI is InChI=1S/C15H28OSi/c1-14(2,3)15(4,11-12-16-17(5)6)13-9-7-8-10-13/h13,17H,7-10H2,1-6H3. The Morgan fingerprint density at radius 3 is 2.00 bits per heavy atom. The number of hydrogen-bond acceptors (Lipinski definition) is 1. The van der Waals surface area contributed by atoms with Crippen LogP contribution in [0.4, 0.5) is 0 Å². The van der Waals surface area contributed by atoms with Gasteiger partial charge in [0.05, 0.1) is 6.11 Å². The van der Waals surface area contributed by atoms with Crippen LogP contribution in [-0.4, -0.2) is 9.04 Å². The molecule has 98 valence electrons. The van der Waals surface area contributed by atoms with Gasteiger partial charge in [0.25, 0.3) is 0 Å². The quantitative estimate of drug-likeness (QED) is 0.529. The first kappa shape index (κ1) is 14.6. The van der Waals surface area contributed by atoms with Gasteiger partial charge in [-0.25, -0.2) is 0 Å². The Balaban J connectivity index is 2.88. The van der Waals surface area contributed by atoms with Gasteiger partial charge >= 0.3 is 0 Å². The van der Waals surface area contributed by atoms with E-state index in [0.29, 0.717) is 0 Å². The summed E-state index contributed by atoms with van der Waals surface area (Å²) < 4.78 is 5.57. The first-order chi connectivity index (χ1) is 7.77. The van der Waals surface area contributed by atoms with E-state index in [0.717, 1.165) is 5.92 Å². The van der Waals surface area contributed by atoms with Crippen molar-refractivity contribution < 1.29 is 4.43 Å². The van der Waals surface area contributed by atoms with Gasteiger partial charge in [-0.3, -0.25) is 0 Å². The summed E-state index contributed by atoms with van der Waals surface area (Å²) in [4.78, 5) is 0. The zero-order chi connectivity index (χ0) is 13.1. The van der Waals surface area contributed by atoms with E-state index in [-0.39, 0.29) is 10.8 Å². The highest BCUT2D eigenvalue weighted by Crippen LogP contribution is 2.50. The summed E-state index contributed by atoms with van der Waals surface area (Å²) >= 11 is 0. The van der Waals surface area contributed by atoms with Gasteiger partial charge in [0.15, 0.2) is 0 Å². The van der Waals surface area contributed by atoms with Crippen LogP contribution in [0.25, 0.3) is 0 Å². The van der Waals surface area contributed by atoms with Crippen molar-refractivity contribution in [3.63, 3.8) is 0 Å². The molecule has 1 aliphatic carbocycles. The van der Waals surface area contributed by atoms with E-state index in [4.69, 9.17) is 4.43 Å². The minimum absolute atomic E-state index is 0.0901. The fraction of sp³-hybridized carbons (Fsp3) is 0.867. The van der Waals surface area contributed by atoms with Crippen molar-refractivity contribution in [2.75, 3.05) is 0 Å². The third kappa shape index (κ3) is 3.52. The lowest BCUT2D eigenvalue weighted by Crippen LogP contribution is -2.37. The van der Waals surface area contributed by atoms with Gasteiger partial charge in [0, 0.05) is 5.41 Å². The van der Waals surface area contributed by atoms with Crippen LogP contribution in [0, 0.1) is 28.8 Å². The Kier molecular flexibility index (Phi) is 4.72. The van der Waals surface area contributed by atoms with Gasteiger partial charge in [0.1, 0.15) is 0 Å². The van der Waals surface area contributed by atoms with Crippen LogP contribution in [0.5, 0.6) is 0 Å². The summed E-state index contributed by atoms with van der Waals surface area (Å²) in [5, 5.41) is 0. The third-order valence-electron chi connectivity index (χ3n) is 4.34. The maximum Gasteiger partial charge on any atom is 0.244 e. The molecule has 2 heteroatoms. The van der Waals surface area contributed by atoms with Gasteiger partial charge in [-0.15, -0.1) is 0 Å². The van der Waals surface area contributed by atoms with Gasteiger partial charge in [-0.1, -0.05) is 39.5 Å². The van der Waals surface area contributed by atoms with E-state index in [1.54, 1.807) is 0 Å². The molecule has 0 amide bonds. The van der Waals surface area contributed by atoms with E-state index in [9.17, 15) is 0 Å². The highest BCUT2D eigenvalue weighted by Gasteiger charge is 2.43. The molecule has 0 heterocycles. The molecule has 17 heavy (non-hydrogen) atoms. The zero-order valence-corrected chi connectivity index (χ0v) is 13.5. The summed E-state index contributed by atoms with van der Waals surface area (Å²) in [6.45, 7) is 13.6. The average Bonchev–Trinajstić information content (AvgIpc) is 2.67. The van der Waals surface area contributed by atoms with E-state index in [1.165, 1.54) is 25.7 Å². The monoisotopic (exact) mass is 252 g/mol. The van der Waals surface area contributed by atoms with Gasteiger partial charge < -0.3 is 4.43 Å². The van der Waals surface area contributed by atoms with E-state index >= 15 is 0 Å². The number of rotatable bonds is 2. The third-order valence-corrected chi connectivity index (χ3v) is 4.92. The lowest BCUT2D eigenvalue weighted by Gasteiger charge is -2.42. The molecule has 1 unspecified atom stereocenters. The van der Waals surface area contributed by atoms with Crippen LogP contribution in [0.3, 0.4) is 0 Å². The summed E-state index contributed by atoms with van der Waals surface area (Å²) in [6, 6.07) is 0. The average molecular weight is 252 g/mol. The second-order valence-electron chi connectivity index (χ2n) is 6.83. The van der Waals surface area contributed by atoms with Crippen molar-refractivity contribution in [3.8, 4) is 12.0 Å². The van der Waals surface area contributed by atoms with Crippen molar-refractivity contribution >= 4 is 9.04 Å². The fourth-order valence-electron chi connectivity index (χ4n) is 2.66. The van der Waals surface area contributed by atoms with Gasteiger partial charge in [0.2, 0.25) is 9.04 Å². The van der Waals surface area contributed by atoms with Gasteiger partial charge in [-0.2, -0.15) is 0 Å². The topological polar surface area (TPSA) is 9.23 Å². The number of hydrogen-bond donors (Lipinski definition) is 0. The molecule has 0 saturated heterocycles. The van der Waals surface area contributed by atoms with Crippen LogP contribution >= 0.6 is 0 Å². The van der Waals surface area contributed by atoms with E-state index in [2.05, 4.69) is 52.8 Å². The zero-order valence-electron chi connectivity index (χ0n) is 12.4. The van der Waals surface area contributed by atoms with Crippen LogP contribution in [0.1, 0.15) is 53.4 Å². The molecule has 1 fully saturated rings. The second-order valence-corrected chi connectivity index (χ2v) is 9.16. The van der Waals surface area contributed by atoms with Crippen molar-refractivity contribution in [1.29, 1.82) is 0 Å². The lowest BCUT2D eigenvalue weighted by molar-refractivity contribution is 0.101. The minimum atomic E-state index is -1.02. The van der Waals surface area contributed by atoms with Crippen molar-refractivity contribution in [2.24, 2.45) is 16.7 Å². The Bertz CT molecular complexity index is 299. The summed E-state index contributed by atoms with van der Waals surface area (Å²) in [7, 11) is -1.02. The maximum absolute atomic E-state index is 5.57. The van der Waals surface area contributed by atoms with E-state index < -0.39 is 9.04 Å². The Morgan fingerprint density at radius 1 is 1.06 bits per heavy atom. The molecule has 0 aliphatic heterocycles. The van der Waals surface area contributed by atoms with Crippen molar-refractivity contribution in [1.82, 2.24) is 0 Å². The minimum Gasteiger partial charge on any atom is -0.505 e. The second kappa shape index (κ2) is 5.48. The predicted molar refractivity (Wildman–Crippen MR) is 77.3 cm³/mol. The first-order valence-corrected chi connectivity index (χ1v) is 9.73. The first-order valence-electron chi connectivity index (χ1n) is 6.95. The summed E-state index contributed by atoms with van der Waals surface area (Å²) in [5.41, 5.74) is 0.309. The SMILES string of the molecule is C[SiH](C)OC#CC(C)(C1CCCC1)C(C)(C)C. The molecule has 0 bridgehead atoms. The van der Waals surface area contributed by atoms with Crippen LogP contribution < -0.4 is 0 Å². The summed E-state index contributed by atoms with van der Waals surface area (Å²) in [5.74, 6) is 4.21. The Labute approximate surface area is 109 Å². The summed E-state index contributed by atoms with van der Waals surface area (Å²) in [6.07, 6.45) is 8.44. The molecule has 1 nitrogen and oxygen atoms in total. The van der Waals surface area contributed by atoms with Gasteiger partial charge in [-0.05, 0) is 44.2 Å². The molecule has 0 radical (unpaired) electrons. The molecular weight excluding hydrogens is 224 g/mol. The maximum atomic E-state index is 5.57. The van der Waals surface area contributed by atoms with E-state index in [1.807, 2.05) is 0 Å². The Hall–Kier alpha value is -0.423. The molecule has 0 aromatic heterocycles. The fourth-order valence-corrected chi connectivity index (χ4v) is 2.95. The molecule has 1 rings (SSSR count). The largest absolute Gasteiger partial charge is 0.505 e. The Morgan fingerprint density at radius 2 is 1.59 bits per heavy atom. The molecule has 1 aliphatic rings. The predicted octanol–water partition coefficient (Wildman–Crippen LogP) is 4.19. The van der Waals surface area contributed by atoms with Crippen molar-refractivity contribution in [3.05, 3.63) is 0 Å². The van der Waals surface area contributed by atoms with Crippen LogP contribution in [-0.2, 0) is 4.43 Å². The lowest BCUT2D eigenvalue weighted by atomic mass is 9.61.